The second-order valence-corrected chi connectivity index (χ2v) is 31.3. The van der Waals surface area contributed by atoms with Crippen LogP contribution in [-0.4, -0.2) is 82.3 Å². The number of hydrogen-bond acceptors (Lipinski definition) is 14. The normalized spacial score (nSPS) is 14.2. The van der Waals surface area contributed by atoms with Gasteiger partial charge in [0.25, 0.3) is 35.8 Å². The number of alkyl halides is 12. The van der Waals surface area contributed by atoms with Gasteiger partial charge in [-0.2, -0.15) is 52.7 Å². The van der Waals surface area contributed by atoms with E-state index in [1.807, 2.05) is 55.4 Å². The van der Waals surface area contributed by atoms with Crippen LogP contribution in [0.4, 0.5) is 52.7 Å². The Labute approximate surface area is 683 Å². The standard InChI is InChI=1S/C94H66F12N2O14/c1-43(2)47-17-27-53(28-18-47)115-69-39-61-73-62(84(110)107(83(61)109)81(87(113)121-89(91(95,96)97)92(98,99)100)51-25-35-59-57-13-9-11-15-65(57)119-67(59)37-51)41-71(117-55-31-21-49(22-32-55)45(5)6)77-78-72(118-56-33-23-50(24-34-56)46(7)8)42-64-74-63(40-70(76(80(74)78)75(69)79(73)77)116-54-29-19-48(20-30-54)44(3)4)85(111)108(86(64)112)82(88(114)122-90(93(101,102)103)94(104,105)106)52-26-36-60-58-14-10-12-16-66(58)120-68(60)38-52/h9-46,81-82,89-90H,1-8H3. The Balaban J connectivity index is 1.02. The molecule has 2 aliphatic heterocycles. The predicted octanol–water partition coefficient (Wildman–Crippen LogP) is 25.9. The highest BCUT2D eigenvalue weighted by atomic mass is 19.4. The first kappa shape index (κ1) is 80.7. The van der Waals surface area contributed by atoms with Crippen molar-refractivity contribution in [1.29, 1.82) is 0 Å². The van der Waals surface area contributed by atoms with E-state index in [2.05, 4.69) is 9.47 Å². The van der Waals surface area contributed by atoms with Crippen LogP contribution in [0.2, 0.25) is 0 Å². The molecule has 2 aliphatic rings. The molecule has 0 saturated carbocycles. The second-order valence-electron chi connectivity index (χ2n) is 31.3. The number of carbonyl (C=O) groups excluding carboxylic acids is 6. The molecule has 13 aromatic carbocycles. The van der Waals surface area contributed by atoms with Crippen LogP contribution in [0.15, 0.2) is 215 Å². The zero-order valence-corrected chi connectivity index (χ0v) is 65.4. The molecular weight excluding hydrogens is 1610 g/mol. The Kier molecular flexibility index (Phi) is 19.6. The summed E-state index contributed by atoms with van der Waals surface area (Å²) in [5.41, 5.74) is -0.338. The quantitative estimate of drug-likeness (QED) is 0.0230. The van der Waals surface area contributed by atoms with Gasteiger partial charge in [0.15, 0.2) is 12.1 Å². The molecule has 4 heterocycles. The lowest BCUT2D eigenvalue weighted by atomic mass is 9.80. The molecule has 15 aromatic rings. The zero-order valence-electron chi connectivity index (χ0n) is 65.4. The molecule has 0 spiro atoms. The summed E-state index contributed by atoms with van der Waals surface area (Å²) in [7, 11) is 0. The smallest absolute Gasteiger partial charge is 0.434 e. The summed E-state index contributed by atoms with van der Waals surface area (Å²) in [4.78, 5) is 97.5. The van der Waals surface area contributed by atoms with Gasteiger partial charge in [-0.15, -0.1) is 0 Å². The number of amides is 4. The fourth-order valence-electron chi connectivity index (χ4n) is 16.1. The molecule has 2 unspecified atom stereocenters. The third kappa shape index (κ3) is 14.0. The van der Waals surface area contributed by atoms with Crippen LogP contribution in [0.1, 0.15) is 166 Å². The van der Waals surface area contributed by atoms with Crippen LogP contribution in [0, 0.1) is 0 Å². The lowest BCUT2D eigenvalue weighted by Gasteiger charge is -2.36. The van der Waals surface area contributed by atoms with Gasteiger partial charge in [0, 0.05) is 64.6 Å². The number of benzene rings is 13. The third-order valence-electron chi connectivity index (χ3n) is 22.1. The lowest BCUT2D eigenvalue weighted by Crippen LogP contribution is -2.50. The SMILES string of the molecule is CC(C)c1ccc(Oc2cc3c4c(cc(Oc5ccc(C(C)C)cc5)c5c6c(Oc7ccc(C(C)C)cc7)cc7c8c(cc(Oc9ccc(C(C)C)cc9)c(c2c45)c86)C(=O)N(C(C(=O)OC(C(F)(F)F)C(F)(F)F)c2ccc4c(c2)oc2ccccc24)C7=O)C(=O)N(C(C(=O)OC(C(F)(F)F)C(F)(F)F)c2ccc4c(c2)oc2ccccc24)C3=O)cc1. The van der Waals surface area contributed by atoms with E-state index >= 15 is 28.8 Å². The Hall–Kier alpha value is -13.7. The number of esters is 2. The van der Waals surface area contributed by atoms with Gasteiger partial charge in [0.1, 0.15) is 68.3 Å². The van der Waals surface area contributed by atoms with E-state index in [1.165, 1.54) is 12.1 Å². The number of rotatable bonds is 20. The summed E-state index contributed by atoms with van der Waals surface area (Å²) in [6.07, 6.45) is -35.1. The number of para-hydroxylation sites is 2. The molecule has 17 rings (SSSR count). The van der Waals surface area contributed by atoms with Gasteiger partial charge in [-0.05, 0) is 154 Å². The molecule has 0 fully saturated rings. The van der Waals surface area contributed by atoms with Crippen LogP contribution >= 0.6 is 0 Å². The molecule has 620 valence electrons. The Bertz CT molecular complexity index is 6150. The van der Waals surface area contributed by atoms with Gasteiger partial charge in [-0.3, -0.25) is 29.0 Å². The molecule has 0 N–H and O–H groups in total. The average Bonchev–Trinajstić information content (AvgIpc) is 0.789. The minimum absolute atomic E-state index is 0.00840. The van der Waals surface area contributed by atoms with Crippen LogP contribution in [0.5, 0.6) is 46.0 Å². The highest BCUT2D eigenvalue weighted by molar-refractivity contribution is 6.45. The lowest BCUT2D eigenvalue weighted by molar-refractivity contribution is -0.314. The summed E-state index contributed by atoms with van der Waals surface area (Å²) in [6, 6.07) is 44.4. The highest BCUT2D eigenvalue weighted by Gasteiger charge is 2.63. The highest BCUT2D eigenvalue weighted by Crippen LogP contribution is 2.60. The molecule has 0 bridgehead atoms. The van der Waals surface area contributed by atoms with Crippen molar-refractivity contribution in [3.63, 3.8) is 0 Å². The fourth-order valence-corrected chi connectivity index (χ4v) is 16.1. The van der Waals surface area contributed by atoms with Crippen molar-refractivity contribution in [3.8, 4) is 46.0 Å². The number of furan rings is 2. The maximum absolute atomic E-state index is 16.7. The van der Waals surface area contributed by atoms with E-state index in [-0.39, 0.29) is 122 Å². The number of nitrogens with zero attached hydrogens (tertiary/aromatic N) is 2. The number of carbonyl (C=O) groups is 6. The van der Waals surface area contributed by atoms with Crippen molar-refractivity contribution < 1.29 is 119 Å². The molecular formula is C94H66F12N2O14. The molecule has 28 heteroatoms. The van der Waals surface area contributed by atoms with E-state index in [4.69, 9.17) is 27.8 Å². The van der Waals surface area contributed by atoms with Gasteiger partial charge in [-0.25, -0.2) is 9.59 Å². The van der Waals surface area contributed by atoms with Gasteiger partial charge in [-0.1, -0.05) is 165 Å². The third-order valence-corrected chi connectivity index (χ3v) is 22.1. The number of imide groups is 2. The van der Waals surface area contributed by atoms with E-state index in [0.717, 1.165) is 70.8 Å². The van der Waals surface area contributed by atoms with E-state index in [0.29, 0.717) is 21.5 Å². The molecule has 0 aliphatic carbocycles. The van der Waals surface area contributed by atoms with Crippen molar-refractivity contribution in [3.05, 3.63) is 262 Å². The summed E-state index contributed by atoms with van der Waals surface area (Å²) in [5, 5.41) is -0.402. The molecule has 2 atom stereocenters. The molecule has 4 amide bonds. The maximum atomic E-state index is 16.7. The minimum Gasteiger partial charge on any atom is -0.457 e. The van der Waals surface area contributed by atoms with Crippen molar-refractivity contribution in [2.45, 2.75) is 128 Å². The molecule has 16 nitrogen and oxygen atoms in total. The van der Waals surface area contributed by atoms with Crippen molar-refractivity contribution in [2.75, 3.05) is 0 Å². The Morgan fingerprint density at radius 2 is 0.525 bits per heavy atom. The first-order valence-corrected chi connectivity index (χ1v) is 38.5. The van der Waals surface area contributed by atoms with E-state index in [9.17, 15) is 52.7 Å². The summed E-state index contributed by atoms with van der Waals surface area (Å²) in [5.74, 6) is -13.1. The largest absolute Gasteiger partial charge is 0.457 e. The Morgan fingerprint density at radius 1 is 0.287 bits per heavy atom. The topological polar surface area (TPSA) is 191 Å². The van der Waals surface area contributed by atoms with Gasteiger partial charge < -0.3 is 37.3 Å². The summed E-state index contributed by atoms with van der Waals surface area (Å²) >= 11 is 0. The van der Waals surface area contributed by atoms with E-state index < -0.39 is 141 Å². The average molecular weight is 1680 g/mol. The van der Waals surface area contributed by atoms with Crippen LogP contribution in [-0.2, 0) is 19.1 Å². The monoisotopic (exact) mass is 1670 g/mol. The Morgan fingerprint density at radius 3 is 0.770 bits per heavy atom. The first-order chi connectivity index (χ1) is 57.8. The number of ether oxygens (including phenoxy) is 6. The van der Waals surface area contributed by atoms with Crippen LogP contribution in [0.25, 0.3) is 87.0 Å². The summed E-state index contributed by atoms with van der Waals surface area (Å²) < 4.78 is 228. The van der Waals surface area contributed by atoms with Gasteiger partial charge in [0.2, 0.25) is 0 Å². The van der Waals surface area contributed by atoms with Gasteiger partial charge >= 0.3 is 36.6 Å². The van der Waals surface area contributed by atoms with Crippen molar-refractivity contribution in [1.82, 2.24) is 9.80 Å². The second kappa shape index (κ2) is 29.6. The summed E-state index contributed by atoms with van der Waals surface area (Å²) in [6.45, 7) is 15.2. The molecule has 0 radical (unpaired) electrons. The number of halogens is 12. The number of hydrogen-bond donors (Lipinski definition) is 0. The molecule has 0 saturated heterocycles. The molecule has 2 aromatic heterocycles. The van der Waals surface area contributed by atoms with Crippen molar-refractivity contribution >= 4 is 123 Å². The van der Waals surface area contributed by atoms with Crippen LogP contribution < -0.4 is 18.9 Å². The van der Waals surface area contributed by atoms with Crippen LogP contribution in [0.3, 0.4) is 0 Å². The molecule has 122 heavy (non-hydrogen) atoms. The fraction of sp³-hybridized carbons (Fsp3) is 0.213. The van der Waals surface area contributed by atoms with Gasteiger partial charge in [0.05, 0.1) is 22.3 Å². The first-order valence-electron chi connectivity index (χ1n) is 38.5. The maximum Gasteiger partial charge on any atom is 0.434 e. The van der Waals surface area contributed by atoms with E-state index in [1.54, 1.807) is 146 Å². The van der Waals surface area contributed by atoms with Crippen molar-refractivity contribution in [2.24, 2.45) is 0 Å². The minimum atomic E-state index is -6.35. The zero-order chi connectivity index (χ0) is 86.6. The number of fused-ring (bicyclic) bond motifs is 8. The predicted molar refractivity (Wildman–Crippen MR) is 428 cm³/mol.